The topological polar surface area (TPSA) is 91.2 Å². The SMILES string of the molecule is COc1ncc(N2C=COC(C3=C(O[C@H]4CCN(C(=O)[C@@H]5CCN(C)C5)C4)C=CCC3)=C2)cc1C#N. The molecule has 1 aromatic rings. The number of carbonyl (C=O) groups is 1. The molecule has 1 aliphatic carbocycles. The monoisotopic (exact) mass is 489 g/mol. The first kappa shape index (κ1) is 23.9. The van der Waals surface area contributed by atoms with Gasteiger partial charge in [0, 0.05) is 31.3 Å². The fourth-order valence-electron chi connectivity index (χ4n) is 5.10. The zero-order valence-electron chi connectivity index (χ0n) is 20.7. The van der Waals surface area contributed by atoms with Crippen molar-refractivity contribution in [1.29, 1.82) is 5.26 Å². The first-order valence-corrected chi connectivity index (χ1v) is 12.4. The maximum atomic E-state index is 12.9. The molecular formula is C27H31N5O4. The number of likely N-dealkylation sites (tertiary alicyclic amines) is 2. The molecule has 2 saturated heterocycles. The fraction of sp³-hybridized carbons (Fsp3) is 0.444. The van der Waals surface area contributed by atoms with Crippen LogP contribution in [0.25, 0.3) is 0 Å². The molecule has 0 N–H and O–H groups in total. The number of nitrogens with zero attached hydrogens (tertiary/aromatic N) is 5. The number of methoxy groups -OCH3 is 1. The highest BCUT2D eigenvalue weighted by Crippen LogP contribution is 2.33. The van der Waals surface area contributed by atoms with E-state index in [9.17, 15) is 10.1 Å². The Balaban J connectivity index is 1.31. The van der Waals surface area contributed by atoms with Gasteiger partial charge in [0.1, 0.15) is 35.5 Å². The summed E-state index contributed by atoms with van der Waals surface area (Å²) in [6.07, 6.45) is 14.4. The Kier molecular flexibility index (Phi) is 6.96. The maximum Gasteiger partial charge on any atom is 0.231 e. The maximum absolute atomic E-state index is 12.9. The summed E-state index contributed by atoms with van der Waals surface area (Å²) in [6, 6.07) is 3.85. The number of rotatable bonds is 6. The van der Waals surface area contributed by atoms with Gasteiger partial charge in [-0.2, -0.15) is 5.26 Å². The van der Waals surface area contributed by atoms with Crippen LogP contribution in [0.1, 0.15) is 31.2 Å². The van der Waals surface area contributed by atoms with Gasteiger partial charge in [0.2, 0.25) is 11.8 Å². The zero-order valence-corrected chi connectivity index (χ0v) is 20.7. The van der Waals surface area contributed by atoms with Crippen LogP contribution in [0.15, 0.2) is 60.2 Å². The molecule has 2 fully saturated rings. The number of hydrogen-bond acceptors (Lipinski definition) is 8. The summed E-state index contributed by atoms with van der Waals surface area (Å²) in [6.45, 7) is 3.17. The van der Waals surface area contributed by atoms with Gasteiger partial charge in [-0.15, -0.1) is 0 Å². The Bertz CT molecular complexity index is 1180. The molecular weight excluding hydrogens is 458 g/mol. The van der Waals surface area contributed by atoms with Crippen molar-refractivity contribution in [3.8, 4) is 11.9 Å². The van der Waals surface area contributed by atoms with Crippen molar-refractivity contribution in [2.24, 2.45) is 5.92 Å². The van der Waals surface area contributed by atoms with E-state index < -0.39 is 0 Å². The van der Waals surface area contributed by atoms with Crippen molar-refractivity contribution < 1.29 is 19.0 Å². The molecule has 0 radical (unpaired) electrons. The van der Waals surface area contributed by atoms with Gasteiger partial charge in [-0.3, -0.25) is 4.79 Å². The Hall–Kier alpha value is -3.77. The summed E-state index contributed by atoms with van der Waals surface area (Å²) in [5.74, 6) is 2.12. The third-order valence-electron chi connectivity index (χ3n) is 7.04. The van der Waals surface area contributed by atoms with Crippen LogP contribution in [-0.4, -0.2) is 67.1 Å². The van der Waals surface area contributed by atoms with Gasteiger partial charge >= 0.3 is 0 Å². The predicted molar refractivity (Wildman–Crippen MR) is 133 cm³/mol. The van der Waals surface area contributed by atoms with E-state index in [4.69, 9.17) is 14.2 Å². The number of anilines is 1. The summed E-state index contributed by atoms with van der Waals surface area (Å²) in [5.41, 5.74) is 2.07. The van der Waals surface area contributed by atoms with Gasteiger partial charge in [-0.05, 0) is 45.0 Å². The smallest absolute Gasteiger partial charge is 0.231 e. The van der Waals surface area contributed by atoms with Crippen LogP contribution in [0, 0.1) is 17.2 Å². The summed E-state index contributed by atoms with van der Waals surface area (Å²) < 4.78 is 17.5. The third kappa shape index (κ3) is 4.95. The molecule has 0 aromatic carbocycles. The fourth-order valence-corrected chi connectivity index (χ4v) is 5.10. The lowest BCUT2D eigenvalue weighted by Crippen LogP contribution is -2.36. The second-order valence-electron chi connectivity index (χ2n) is 9.51. The lowest BCUT2D eigenvalue weighted by molar-refractivity contribution is -0.134. The molecule has 36 heavy (non-hydrogen) atoms. The third-order valence-corrected chi connectivity index (χ3v) is 7.04. The minimum absolute atomic E-state index is 0.0411. The lowest BCUT2D eigenvalue weighted by atomic mass is 10.0. The van der Waals surface area contributed by atoms with E-state index >= 15 is 0 Å². The summed E-state index contributed by atoms with van der Waals surface area (Å²) >= 11 is 0. The number of ether oxygens (including phenoxy) is 3. The second-order valence-corrected chi connectivity index (χ2v) is 9.51. The molecule has 4 aliphatic rings. The number of hydrogen-bond donors (Lipinski definition) is 0. The Morgan fingerprint density at radius 1 is 1.28 bits per heavy atom. The highest BCUT2D eigenvalue weighted by atomic mass is 16.5. The van der Waals surface area contributed by atoms with E-state index in [2.05, 4.69) is 29.1 Å². The highest BCUT2D eigenvalue weighted by molar-refractivity contribution is 5.79. The molecule has 0 saturated carbocycles. The largest absolute Gasteiger partial charge is 0.488 e. The molecule has 188 valence electrons. The zero-order chi connectivity index (χ0) is 25.1. The van der Waals surface area contributed by atoms with Crippen LogP contribution in [0.4, 0.5) is 5.69 Å². The van der Waals surface area contributed by atoms with Gasteiger partial charge in [0.25, 0.3) is 0 Å². The van der Waals surface area contributed by atoms with Gasteiger partial charge in [-0.1, -0.05) is 6.08 Å². The summed E-state index contributed by atoms with van der Waals surface area (Å²) in [5, 5.41) is 9.42. The van der Waals surface area contributed by atoms with Crippen molar-refractivity contribution in [3.63, 3.8) is 0 Å². The molecule has 2 atom stereocenters. The minimum atomic E-state index is -0.0411. The molecule has 9 nitrogen and oxygen atoms in total. The van der Waals surface area contributed by atoms with E-state index in [1.165, 1.54) is 7.11 Å². The molecule has 1 aromatic heterocycles. The van der Waals surface area contributed by atoms with Crippen LogP contribution in [0.2, 0.25) is 0 Å². The van der Waals surface area contributed by atoms with Crippen LogP contribution in [0.5, 0.6) is 5.88 Å². The first-order valence-electron chi connectivity index (χ1n) is 12.4. The average molecular weight is 490 g/mol. The number of allylic oxidation sites excluding steroid dienone is 3. The number of carbonyl (C=O) groups excluding carboxylic acids is 1. The van der Waals surface area contributed by atoms with E-state index in [0.717, 1.165) is 62.3 Å². The van der Waals surface area contributed by atoms with Gasteiger partial charge in [0.15, 0.2) is 0 Å². The number of pyridine rings is 1. The van der Waals surface area contributed by atoms with Crippen molar-refractivity contribution >= 4 is 11.6 Å². The van der Waals surface area contributed by atoms with Crippen LogP contribution in [0.3, 0.4) is 0 Å². The number of nitriles is 1. The summed E-state index contributed by atoms with van der Waals surface area (Å²) in [7, 11) is 3.56. The lowest BCUT2D eigenvalue weighted by Gasteiger charge is -2.26. The quantitative estimate of drug-likeness (QED) is 0.601. The van der Waals surface area contributed by atoms with E-state index in [1.807, 2.05) is 22.1 Å². The molecule has 3 aliphatic heterocycles. The van der Waals surface area contributed by atoms with Crippen LogP contribution >= 0.6 is 0 Å². The molecule has 0 unspecified atom stereocenters. The predicted octanol–water partition coefficient (Wildman–Crippen LogP) is 3.28. The number of amides is 1. The molecule has 9 heteroatoms. The molecule has 0 spiro atoms. The first-order chi connectivity index (χ1) is 17.6. The Labute approximate surface area is 211 Å². The molecule has 4 heterocycles. The van der Waals surface area contributed by atoms with E-state index in [0.29, 0.717) is 23.7 Å². The minimum Gasteiger partial charge on any atom is -0.488 e. The van der Waals surface area contributed by atoms with Crippen molar-refractivity contribution in [1.82, 2.24) is 14.8 Å². The Morgan fingerprint density at radius 3 is 2.94 bits per heavy atom. The normalized spacial score (nSPS) is 24.0. The molecule has 1 amide bonds. The van der Waals surface area contributed by atoms with Gasteiger partial charge < -0.3 is 28.9 Å². The van der Waals surface area contributed by atoms with Crippen molar-refractivity contribution in [2.45, 2.75) is 31.8 Å². The standard InChI is InChI=1S/C27H31N5O4/c1-30-9-7-19(16-30)27(33)32-10-8-22(17-32)36-24-6-4-3-5-23(24)25-18-31(11-12-35-25)21-13-20(14-28)26(34-2)29-15-21/h4,6,11-13,15,18-19,22H,3,5,7-10,16-17H2,1-2H3/t19-,22+/m1/s1. The van der Waals surface area contributed by atoms with Gasteiger partial charge in [-0.25, -0.2) is 4.98 Å². The van der Waals surface area contributed by atoms with Crippen LogP contribution < -0.4 is 9.64 Å². The molecule has 0 bridgehead atoms. The van der Waals surface area contributed by atoms with E-state index in [1.54, 1.807) is 24.7 Å². The van der Waals surface area contributed by atoms with Gasteiger partial charge in [0.05, 0.1) is 37.7 Å². The van der Waals surface area contributed by atoms with Crippen LogP contribution in [-0.2, 0) is 14.3 Å². The number of aromatic nitrogens is 1. The van der Waals surface area contributed by atoms with E-state index in [-0.39, 0.29) is 17.9 Å². The Morgan fingerprint density at radius 2 is 2.17 bits per heavy atom. The highest BCUT2D eigenvalue weighted by Gasteiger charge is 2.35. The molecule has 5 rings (SSSR count). The average Bonchev–Trinajstić information content (AvgIpc) is 3.57. The summed E-state index contributed by atoms with van der Waals surface area (Å²) in [4.78, 5) is 23.2. The van der Waals surface area contributed by atoms with Crippen molar-refractivity contribution in [2.75, 3.05) is 45.2 Å². The van der Waals surface area contributed by atoms with Crippen molar-refractivity contribution in [3.05, 3.63) is 65.7 Å². The second kappa shape index (κ2) is 10.5.